The largest absolute Gasteiger partial charge is 0.373 e. The molecule has 2 N–H and O–H groups in total. The van der Waals surface area contributed by atoms with Crippen LogP contribution in [0.15, 0.2) is 29.2 Å². The van der Waals surface area contributed by atoms with E-state index in [0.717, 1.165) is 5.69 Å². The van der Waals surface area contributed by atoms with Gasteiger partial charge in [-0.1, -0.05) is 0 Å². The fraction of sp³-hybridized carbons (Fsp3) is 0.182. The van der Waals surface area contributed by atoms with Crippen LogP contribution in [-0.2, 0) is 6.54 Å². The van der Waals surface area contributed by atoms with Crippen molar-refractivity contribution in [3.05, 3.63) is 46.0 Å². The SMILES string of the molecule is CNc1cc(=O)n(Cc2ccc(C#N)cn2)[nH]1. The van der Waals surface area contributed by atoms with Crippen LogP contribution in [0.5, 0.6) is 0 Å². The third-order valence-electron chi connectivity index (χ3n) is 2.33. The average molecular weight is 229 g/mol. The van der Waals surface area contributed by atoms with E-state index in [-0.39, 0.29) is 5.56 Å². The number of rotatable bonds is 3. The van der Waals surface area contributed by atoms with Gasteiger partial charge in [-0.15, -0.1) is 0 Å². The Labute approximate surface area is 97.5 Å². The summed E-state index contributed by atoms with van der Waals surface area (Å²) < 4.78 is 1.44. The third-order valence-corrected chi connectivity index (χ3v) is 2.33. The van der Waals surface area contributed by atoms with E-state index in [1.165, 1.54) is 16.9 Å². The summed E-state index contributed by atoms with van der Waals surface area (Å²) >= 11 is 0. The predicted molar refractivity (Wildman–Crippen MR) is 62.7 cm³/mol. The average Bonchev–Trinajstić information content (AvgIpc) is 2.71. The maximum absolute atomic E-state index is 11.5. The Morgan fingerprint density at radius 2 is 2.41 bits per heavy atom. The summed E-state index contributed by atoms with van der Waals surface area (Å²) in [6, 6.07) is 6.87. The number of nitrogens with one attached hydrogen (secondary N) is 2. The van der Waals surface area contributed by atoms with E-state index in [0.29, 0.717) is 17.9 Å². The van der Waals surface area contributed by atoms with Gasteiger partial charge in [-0.3, -0.25) is 14.9 Å². The molecule has 0 atom stereocenters. The maximum Gasteiger partial charge on any atom is 0.269 e. The van der Waals surface area contributed by atoms with Gasteiger partial charge in [0.1, 0.15) is 11.9 Å². The van der Waals surface area contributed by atoms with E-state index < -0.39 is 0 Å². The Morgan fingerprint density at radius 3 is 2.94 bits per heavy atom. The molecule has 0 saturated carbocycles. The van der Waals surface area contributed by atoms with Gasteiger partial charge in [-0.05, 0) is 12.1 Å². The van der Waals surface area contributed by atoms with Crippen molar-refractivity contribution in [1.29, 1.82) is 5.26 Å². The lowest BCUT2D eigenvalue weighted by Gasteiger charge is -2.01. The summed E-state index contributed by atoms with van der Waals surface area (Å²) in [6.45, 7) is 0.353. The molecule has 17 heavy (non-hydrogen) atoms. The number of pyridine rings is 1. The standard InChI is InChI=1S/C11H11N5O/c1-13-10-4-11(17)16(15-10)7-9-3-2-8(5-12)6-14-9/h2-4,6,13,15H,7H2,1H3. The van der Waals surface area contributed by atoms with Crippen LogP contribution >= 0.6 is 0 Å². The van der Waals surface area contributed by atoms with Gasteiger partial charge in [0.05, 0.1) is 17.8 Å². The van der Waals surface area contributed by atoms with E-state index in [1.807, 2.05) is 6.07 Å². The normalized spacial score (nSPS) is 9.88. The van der Waals surface area contributed by atoms with Crippen LogP contribution in [0.2, 0.25) is 0 Å². The van der Waals surface area contributed by atoms with Gasteiger partial charge in [0.25, 0.3) is 5.56 Å². The zero-order valence-corrected chi connectivity index (χ0v) is 9.27. The first kappa shape index (κ1) is 11.0. The monoisotopic (exact) mass is 229 g/mol. The van der Waals surface area contributed by atoms with Crippen molar-refractivity contribution < 1.29 is 0 Å². The molecular formula is C11H11N5O. The topological polar surface area (TPSA) is 86.5 Å². The van der Waals surface area contributed by atoms with Crippen molar-refractivity contribution in [2.45, 2.75) is 6.54 Å². The first-order chi connectivity index (χ1) is 8.22. The summed E-state index contributed by atoms with van der Waals surface area (Å²) in [4.78, 5) is 15.6. The van der Waals surface area contributed by atoms with Gasteiger partial charge in [0.15, 0.2) is 0 Å². The van der Waals surface area contributed by atoms with E-state index in [4.69, 9.17) is 5.26 Å². The molecule has 0 spiro atoms. The molecule has 2 heterocycles. The van der Waals surface area contributed by atoms with Gasteiger partial charge in [0.2, 0.25) is 0 Å². The number of hydrogen-bond donors (Lipinski definition) is 2. The molecule has 0 radical (unpaired) electrons. The zero-order valence-electron chi connectivity index (χ0n) is 9.27. The minimum atomic E-state index is -0.125. The Bertz CT molecular complexity index is 602. The fourth-order valence-corrected chi connectivity index (χ4v) is 1.43. The second-order valence-corrected chi connectivity index (χ2v) is 3.49. The molecule has 86 valence electrons. The first-order valence-corrected chi connectivity index (χ1v) is 5.05. The highest BCUT2D eigenvalue weighted by Gasteiger charge is 2.03. The predicted octanol–water partition coefficient (Wildman–Crippen LogP) is 0.533. The Balaban J connectivity index is 2.22. The van der Waals surface area contributed by atoms with Crippen LogP contribution in [0.25, 0.3) is 0 Å². The third kappa shape index (κ3) is 2.34. The van der Waals surface area contributed by atoms with E-state index >= 15 is 0 Å². The molecule has 0 aliphatic heterocycles. The lowest BCUT2D eigenvalue weighted by Crippen LogP contribution is -2.17. The van der Waals surface area contributed by atoms with Gasteiger partial charge in [-0.25, -0.2) is 4.68 Å². The van der Waals surface area contributed by atoms with Crippen LogP contribution < -0.4 is 10.9 Å². The minimum absolute atomic E-state index is 0.125. The Hall–Kier alpha value is -2.55. The first-order valence-electron chi connectivity index (χ1n) is 5.05. The molecule has 0 fully saturated rings. The highest BCUT2D eigenvalue weighted by Crippen LogP contribution is 2.01. The van der Waals surface area contributed by atoms with Crippen LogP contribution in [0.1, 0.15) is 11.3 Å². The van der Waals surface area contributed by atoms with Crippen LogP contribution in [-0.4, -0.2) is 21.8 Å². The second-order valence-electron chi connectivity index (χ2n) is 3.49. The number of nitrogens with zero attached hydrogens (tertiary/aromatic N) is 3. The number of aromatic nitrogens is 3. The van der Waals surface area contributed by atoms with Gasteiger partial charge in [0, 0.05) is 19.3 Å². The molecular weight excluding hydrogens is 218 g/mol. The summed E-state index contributed by atoms with van der Waals surface area (Å²) in [5, 5.41) is 14.4. The molecule has 2 aromatic heterocycles. The quantitative estimate of drug-likeness (QED) is 0.803. The molecule has 0 unspecified atom stereocenters. The summed E-state index contributed by atoms with van der Waals surface area (Å²) in [6.07, 6.45) is 1.49. The highest BCUT2D eigenvalue weighted by atomic mass is 16.1. The number of H-pyrrole nitrogens is 1. The summed E-state index contributed by atoms with van der Waals surface area (Å²) in [7, 11) is 1.73. The van der Waals surface area contributed by atoms with Crippen molar-refractivity contribution in [2.75, 3.05) is 12.4 Å². The molecule has 0 amide bonds. The number of aromatic amines is 1. The lowest BCUT2D eigenvalue weighted by atomic mass is 10.3. The van der Waals surface area contributed by atoms with Gasteiger partial charge < -0.3 is 5.32 Å². The highest BCUT2D eigenvalue weighted by molar-refractivity contribution is 5.31. The molecule has 6 nitrogen and oxygen atoms in total. The molecule has 6 heteroatoms. The van der Waals surface area contributed by atoms with Crippen molar-refractivity contribution >= 4 is 5.82 Å². The molecule has 0 saturated heterocycles. The molecule has 0 aromatic carbocycles. The second kappa shape index (κ2) is 4.53. The smallest absolute Gasteiger partial charge is 0.269 e. The van der Waals surface area contributed by atoms with E-state index in [9.17, 15) is 4.79 Å². The summed E-state index contributed by atoms with van der Waals surface area (Å²) in [5.74, 6) is 0.656. The minimum Gasteiger partial charge on any atom is -0.373 e. The zero-order chi connectivity index (χ0) is 12.3. The molecule has 0 bridgehead atoms. The number of anilines is 1. The Kier molecular flexibility index (Phi) is 2.92. The maximum atomic E-state index is 11.5. The number of nitriles is 1. The van der Waals surface area contributed by atoms with Crippen molar-refractivity contribution in [3.8, 4) is 6.07 Å². The van der Waals surface area contributed by atoms with Gasteiger partial charge in [-0.2, -0.15) is 5.26 Å². The lowest BCUT2D eigenvalue weighted by molar-refractivity contribution is 0.653. The van der Waals surface area contributed by atoms with Crippen LogP contribution in [0.4, 0.5) is 5.82 Å². The molecule has 2 rings (SSSR count). The Morgan fingerprint density at radius 1 is 1.59 bits per heavy atom. The molecule has 0 aliphatic carbocycles. The molecule has 0 aliphatic rings. The van der Waals surface area contributed by atoms with Crippen LogP contribution in [0.3, 0.4) is 0 Å². The number of hydrogen-bond acceptors (Lipinski definition) is 4. The van der Waals surface area contributed by atoms with Crippen molar-refractivity contribution in [1.82, 2.24) is 14.8 Å². The van der Waals surface area contributed by atoms with E-state index in [1.54, 1.807) is 19.2 Å². The van der Waals surface area contributed by atoms with Gasteiger partial charge >= 0.3 is 0 Å². The van der Waals surface area contributed by atoms with Crippen LogP contribution in [0, 0.1) is 11.3 Å². The van der Waals surface area contributed by atoms with E-state index in [2.05, 4.69) is 15.4 Å². The molecule has 2 aromatic rings. The van der Waals surface area contributed by atoms with Crippen molar-refractivity contribution in [2.24, 2.45) is 0 Å². The fourth-order valence-electron chi connectivity index (χ4n) is 1.43. The summed E-state index contributed by atoms with van der Waals surface area (Å²) in [5.41, 5.74) is 1.10. The van der Waals surface area contributed by atoms with Crippen molar-refractivity contribution in [3.63, 3.8) is 0 Å².